The van der Waals surface area contributed by atoms with Crippen LogP contribution >= 0.6 is 11.6 Å². The number of H-pyrrole nitrogens is 1. The first kappa shape index (κ1) is 21.9. The van der Waals surface area contributed by atoms with Crippen LogP contribution in [-0.4, -0.2) is 43.3 Å². The van der Waals surface area contributed by atoms with Crippen molar-refractivity contribution in [3.8, 4) is 16.9 Å². The average Bonchev–Trinajstić information content (AvgIpc) is 3.48. The molecular formula is C24H25ClFN5O2. The maximum Gasteiger partial charge on any atom is 0.155 e. The number of aromatic nitrogens is 5. The molecule has 1 aliphatic carbocycles. The van der Waals surface area contributed by atoms with E-state index in [2.05, 4.69) is 20.3 Å². The number of nitrogens with zero attached hydrogens (tertiary/aromatic N) is 4. The van der Waals surface area contributed by atoms with Gasteiger partial charge >= 0.3 is 0 Å². The van der Waals surface area contributed by atoms with Gasteiger partial charge in [-0.25, -0.2) is 9.37 Å². The molecule has 0 bridgehead atoms. The first-order valence-electron chi connectivity index (χ1n) is 11.0. The molecule has 172 valence electrons. The van der Waals surface area contributed by atoms with Crippen molar-refractivity contribution in [3.05, 3.63) is 58.9 Å². The molecule has 1 saturated carbocycles. The third-order valence-electron chi connectivity index (χ3n) is 6.58. The molecule has 5 rings (SSSR count). The van der Waals surface area contributed by atoms with Crippen LogP contribution in [0.15, 0.2) is 36.8 Å². The average molecular weight is 470 g/mol. The molecule has 0 unspecified atom stereocenters. The van der Waals surface area contributed by atoms with Crippen LogP contribution in [0.4, 0.5) is 4.39 Å². The molecular weight excluding hydrogens is 445 g/mol. The summed E-state index contributed by atoms with van der Waals surface area (Å²) in [6.45, 7) is 1.92. The van der Waals surface area contributed by atoms with E-state index in [-0.39, 0.29) is 17.0 Å². The van der Waals surface area contributed by atoms with E-state index in [0.29, 0.717) is 28.7 Å². The van der Waals surface area contributed by atoms with Crippen LogP contribution < -0.4 is 4.74 Å². The molecule has 9 heteroatoms. The van der Waals surface area contributed by atoms with Crippen LogP contribution in [0.1, 0.15) is 55.8 Å². The molecule has 0 amide bonds. The molecule has 1 fully saturated rings. The van der Waals surface area contributed by atoms with Gasteiger partial charge < -0.3 is 9.84 Å². The summed E-state index contributed by atoms with van der Waals surface area (Å²) in [4.78, 5) is 4.54. The Morgan fingerprint density at radius 3 is 2.76 bits per heavy atom. The predicted octanol–water partition coefficient (Wildman–Crippen LogP) is 5.25. The molecule has 33 heavy (non-hydrogen) atoms. The fourth-order valence-corrected chi connectivity index (χ4v) is 5.01. The number of ether oxygens (including phenoxy) is 1. The number of nitrogens with one attached hydrogen (secondary N) is 1. The normalized spacial score (nSPS) is 19.7. The lowest BCUT2D eigenvalue weighted by atomic mass is 9.93. The van der Waals surface area contributed by atoms with Gasteiger partial charge in [-0.2, -0.15) is 10.2 Å². The Labute approximate surface area is 195 Å². The first-order chi connectivity index (χ1) is 16.0. The Hall–Kier alpha value is -2.97. The highest BCUT2D eigenvalue weighted by Crippen LogP contribution is 2.40. The molecule has 1 atom stereocenters. The van der Waals surface area contributed by atoms with E-state index in [4.69, 9.17) is 16.3 Å². The fraction of sp³-hybridized carbons (Fsp3) is 0.375. The highest BCUT2D eigenvalue weighted by molar-refractivity contribution is 6.31. The van der Waals surface area contributed by atoms with Crippen molar-refractivity contribution in [1.82, 2.24) is 25.0 Å². The van der Waals surface area contributed by atoms with Crippen LogP contribution in [0.2, 0.25) is 5.02 Å². The molecule has 1 aliphatic rings. The number of fused-ring (bicyclic) bond motifs is 1. The third kappa shape index (κ3) is 3.98. The zero-order chi connectivity index (χ0) is 23.1. The minimum absolute atomic E-state index is 0.0287. The predicted molar refractivity (Wildman–Crippen MR) is 124 cm³/mol. The molecule has 0 spiro atoms. The van der Waals surface area contributed by atoms with Gasteiger partial charge in [0.1, 0.15) is 11.6 Å². The van der Waals surface area contributed by atoms with Gasteiger partial charge in [0.15, 0.2) is 5.65 Å². The van der Waals surface area contributed by atoms with Crippen molar-refractivity contribution in [2.45, 2.75) is 50.7 Å². The minimum atomic E-state index is -0.499. The highest BCUT2D eigenvalue weighted by Gasteiger charge is 2.25. The van der Waals surface area contributed by atoms with Gasteiger partial charge in [0.25, 0.3) is 0 Å². The van der Waals surface area contributed by atoms with Gasteiger partial charge in [0.2, 0.25) is 0 Å². The van der Waals surface area contributed by atoms with Crippen LogP contribution in [0, 0.1) is 5.82 Å². The zero-order valence-corrected chi connectivity index (χ0v) is 19.2. The van der Waals surface area contributed by atoms with Crippen LogP contribution in [-0.2, 0) is 0 Å². The number of methoxy groups -OCH3 is 1. The number of aliphatic hydroxyl groups excluding tert-OH is 1. The Morgan fingerprint density at radius 1 is 1.21 bits per heavy atom. The van der Waals surface area contributed by atoms with Crippen LogP contribution in [0.5, 0.6) is 5.75 Å². The first-order valence-corrected chi connectivity index (χ1v) is 11.4. The van der Waals surface area contributed by atoms with Crippen molar-refractivity contribution < 1.29 is 14.2 Å². The summed E-state index contributed by atoms with van der Waals surface area (Å²) >= 11 is 6.32. The zero-order valence-electron chi connectivity index (χ0n) is 18.4. The number of aromatic amines is 1. The summed E-state index contributed by atoms with van der Waals surface area (Å²) < 4.78 is 21.7. The minimum Gasteiger partial charge on any atom is -0.496 e. The highest BCUT2D eigenvalue weighted by atomic mass is 35.5. The van der Waals surface area contributed by atoms with Crippen molar-refractivity contribution >= 4 is 22.6 Å². The number of hydrogen-bond donors (Lipinski definition) is 2. The van der Waals surface area contributed by atoms with E-state index in [1.807, 2.05) is 30.1 Å². The Kier molecular flexibility index (Phi) is 5.80. The summed E-state index contributed by atoms with van der Waals surface area (Å²) in [5.74, 6) is -0.320. The maximum atomic E-state index is 14.2. The lowest BCUT2D eigenvalue weighted by Gasteiger charge is -2.25. The van der Waals surface area contributed by atoms with Gasteiger partial charge in [0, 0.05) is 40.4 Å². The molecule has 1 aromatic carbocycles. The molecule has 2 N–H and O–H groups in total. The topological polar surface area (TPSA) is 88.9 Å². The SMILES string of the molecule is COc1ccc(F)c(Cl)c1[C@H](C)c1n[nH]c2ncc(-c3cnn([C@H]4CC[C@H](O)CC4)c3)cc12. The van der Waals surface area contributed by atoms with Gasteiger partial charge in [-0.1, -0.05) is 18.5 Å². The van der Waals surface area contributed by atoms with E-state index >= 15 is 0 Å². The monoisotopic (exact) mass is 469 g/mol. The second-order valence-electron chi connectivity index (χ2n) is 8.60. The molecule has 3 aromatic heterocycles. The van der Waals surface area contributed by atoms with Gasteiger partial charge in [-0.3, -0.25) is 9.78 Å². The summed E-state index contributed by atoms with van der Waals surface area (Å²) in [6, 6.07) is 5.18. The number of aliphatic hydroxyl groups is 1. The smallest absolute Gasteiger partial charge is 0.155 e. The summed E-state index contributed by atoms with van der Waals surface area (Å²) in [5, 5.41) is 22.6. The third-order valence-corrected chi connectivity index (χ3v) is 6.96. The second-order valence-corrected chi connectivity index (χ2v) is 8.98. The van der Waals surface area contributed by atoms with Gasteiger partial charge in [-0.15, -0.1) is 0 Å². The maximum absolute atomic E-state index is 14.2. The molecule has 3 heterocycles. The molecule has 0 saturated heterocycles. The van der Waals surface area contributed by atoms with E-state index in [0.717, 1.165) is 42.2 Å². The molecule has 0 aliphatic heterocycles. The fourth-order valence-electron chi connectivity index (χ4n) is 4.69. The van der Waals surface area contributed by atoms with Crippen molar-refractivity contribution in [1.29, 1.82) is 0 Å². The van der Waals surface area contributed by atoms with E-state index in [9.17, 15) is 9.50 Å². The second kappa shape index (κ2) is 8.76. The molecule has 0 radical (unpaired) electrons. The summed E-state index contributed by atoms with van der Waals surface area (Å²) in [6.07, 6.45) is 8.89. The quantitative estimate of drug-likeness (QED) is 0.416. The summed E-state index contributed by atoms with van der Waals surface area (Å²) in [5.41, 5.74) is 3.76. The Balaban J connectivity index is 1.50. The molecule has 4 aromatic rings. The standard InChI is InChI=1S/C24H25ClFN5O2/c1-13(21-20(33-2)8-7-19(26)22(21)25)23-18-9-14(10-27-24(18)30-29-23)15-11-28-31(12-15)16-3-5-17(32)6-4-16/h7-13,16-17,32H,3-6H2,1-2H3,(H,27,29,30)/t13-,16-,17-/m0/s1. The Bertz CT molecular complexity index is 1300. The van der Waals surface area contributed by atoms with Crippen molar-refractivity contribution in [2.24, 2.45) is 0 Å². The number of benzene rings is 1. The van der Waals surface area contributed by atoms with E-state index in [1.165, 1.54) is 13.2 Å². The largest absolute Gasteiger partial charge is 0.496 e. The number of halogens is 2. The van der Waals surface area contributed by atoms with Crippen LogP contribution in [0.3, 0.4) is 0 Å². The number of hydrogen-bond acceptors (Lipinski definition) is 5. The number of rotatable bonds is 5. The van der Waals surface area contributed by atoms with Crippen LogP contribution in [0.25, 0.3) is 22.2 Å². The van der Waals surface area contributed by atoms with Crippen molar-refractivity contribution in [3.63, 3.8) is 0 Å². The van der Waals surface area contributed by atoms with Gasteiger partial charge in [0.05, 0.1) is 36.2 Å². The Morgan fingerprint density at radius 2 is 2.00 bits per heavy atom. The van der Waals surface area contributed by atoms with Crippen molar-refractivity contribution in [2.75, 3.05) is 7.11 Å². The number of pyridine rings is 1. The summed E-state index contributed by atoms with van der Waals surface area (Å²) in [7, 11) is 1.53. The van der Waals surface area contributed by atoms with E-state index in [1.54, 1.807) is 12.3 Å². The van der Waals surface area contributed by atoms with Gasteiger partial charge in [-0.05, 0) is 43.9 Å². The lowest BCUT2D eigenvalue weighted by Crippen LogP contribution is -2.21. The van der Waals surface area contributed by atoms with E-state index < -0.39 is 5.82 Å². The molecule has 7 nitrogen and oxygen atoms in total. The lowest BCUT2D eigenvalue weighted by molar-refractivity contribution is 0.108.